The third-order valence-electron chi connectivity index (χ3n) is 6.02. The molecule has 2 aliphatic rings. The molecule has 186 valence electrons. The zero-order valence-electron chi connectivity index (χ0n) is 19.9. The Morgan fingerprint density at radius 1 is 0.824 bits per heavy atom. The van der Waals surface area contributed by atoms with Crippen molar-refractivity contribution >= 4 is 11.9 Å². The van der Waals surface area contributed by atoms with Gasteiger partial charge in [0, 0.05) is 24.9 Å². The number of carboxylic acids is 2. The second-order valence-corrected chi connectivity index (χ2v) is 8.57. The Bertz CT molecular complexity index is 1020. The molecule has 0 fully saturated rings. The van der Waals surface area contributed by atoms with Gasteiger partial charge in [-0.15, -0.1) is 0 Å². The van der Waals surface area contributed by atoms with Gasteiger partial charge in [0.05, 0.1) is 0 Å². The van der Waals surface area contributed by atoms with Gasteiger partial charge in [-0.25, -0.2) is 0 Å². The van der Waals surface area contributed by atoms with Gasteiger partial charge in [0.25, 0.3) is 0 Å². The first kappa shape index (κ1) is 27.1. The van der Waals surface area contributed by atoms with Crippen LogP contribution in [0.2, 0.25) is 0 Å². The zero-order chi connectivity index (χ0) is 25.4. The third-order valence-corrected chi connectivity index (χ3v) is 6.02. The van der Waals surface area contributed by atoms with Crippen molar-refractivity contribution in [3.8, 4) is 11.5 Å². The molecule has 2 aliphatic carbocycles. The van der Waals surface area contributed by atoms with E-state index in [1.54, 1.807) is 18.2 Å². The third kappa shape index (κ3) is 7.20. The first-order valence-corrected chi connectivity index (χ1v) is 11.7. The van der Waals surface area contributed by atoms with Crippen molar-refractivity contribution in [3.63, 3.8) is 0 Å². The molecule has 0 saturated carbocycles. The molecular weight excluding hydrogens is 436 g/mol. The minimum absolute atomic E-state index is 0.0409. The van der Waals surface area contributed by atoms with Crippen LogP contribution in [0.3, 0.4) is 0 Å². The van der Waals surface area contributed by atoms with E-state index in [0.29, 0.717) is 12.8 Å². The lowest BCUT2D eigenvalue weighted by molar-refractivity contribution is -0.138. The van der Waals surface area contributed by atoms with Gasteiger partial charge >= 0.3 is 11.9 Å². The van der Waals surface area contributed by atoms with Gasteiger partial charge < -0.3 is 31.9 Å². The van der Waals surface area contributed by atoms with E-state index in [2.05, 4.69) is 0 Å². The maximum absolute atomic E-state index is 10.5. The summed E-state index contributed by atoms with van der Waals surface area (Å²) >= 11 is 0. The molecule has 8 heteroatoms. The summed E-state index contributed by atoms with van der Waals surface area (Å²) < 4.78 is 0. The molecule has 0 radical (unpaired) electrons. The number of benzene rings is 2. The van der Waals surface area contributed by atoms with Crippen molar-refractivity contribution in [2.75, 3.05) is 0 Å². The van der Waals surface area contributed by atoms with Crippen molar-refractivity contribution in [1.82, 2.24) is 0 Å². The number of carboxylic acid groups (broad SMARTS) is 2. The maximum Gasteiger partial charge on any atom is 0.303 e. The highest BCUT2D eigenvalue weighted by Crippen LogP contribution is 2.32. The summed E-state index contributed by atoms with van der Waals surface area (Å²) in [5, 5.41) is 36.6. The number of phenols is 2. The number of fused-ring (bicyclic) bond motifs is 2. The van der Waals surface area contributed by atoms with Crippen LogP contribution in [0.5, 0.6) is 11.5 Å². The van der Waals surface area contributed by atoms with Crippen molar-refractivity contribution in [2.24, 2.45) is 11.5 Å². The number of hydrogen-bond acceptors (Lipinski definition) is 6. The molecule has 0 aliphatic heterocycles. The van der Waals surface area contributed by atoms with E-state index in [4.69, 9.17) is 21.7 Å². The van der Waals surface area contributed by atoms with E-state index in [1.165, 1.54) is 0 Å². The Balaban J connectivity index is 0.000000224. The molecule has 8 N–H and O–H groups in total. The smallest absolute Gasteiger partial charge is 0.303 e. The summed E-state index contributed by atoms with van der Waals surface area (Å²) in [7, 11) is 0. The molecule has 2 atom stereocenters. The molecule has 0 heterocycles. The standard InChI is InChI=1S/2C12H15NO3.C2H6/c13-8-5-7-1-3-11(14)9(10(7)6-8)2-4-12(15)16;13-9-3-8-5-10(14)4-7(11(8)6-9)1-2-12(15)16;1-2/h1,3,8,14H,2,4-6,13H2,(H,15,16);4-5,9,14H,1-3,6,13H2,(H,15,16);1-2H3. The number of rotatable bonds is 6. The molecule has 2 unspecified atom stereocenters. The summed E-state index contributed by atoms with van der Waals surface area (Å²) in [6.07, 6.45) is 4.06. The van der Waals surface area contributed by atoms with E-state index >= 15 is 0 Å². The van der Waals surface area contributed by atoms with Crippen LogP contribution < -0.4 is 11.5 Å². The number of phenolic OH excluding ortho intramolecular Hbond substituents is 2. The number of hydrogen-bond donors (Lipinski definition) is 6. The van der Waals surface area contributed by atoms with E-state index < -0.39 is 11.9 Å². The van der Waals surface area contributed by atoms with E-state index in [0.717, 1.165) is 59.1 Å². The van der Waals surface area contributed by atoms with Crippen LogP contribution in [-0.2, 0) is 48.1 Å². The maximum atomic E-state index is 10.5. The highest BCUT2D eigenvalue weighted by molar-refractivity contribution is 5.68. The minimum atomic E-state index is -0.848. The lowest BCUT2D eigenvalue weighted by Crippen LogP contribution is -2.19. The van der Waals surface area contributed by atoms with Crippen LogP contribution in [0.4, 0.5) is 0 Å². The Morgan fingerprint density at radius 2 is 1.38 bits per heavy atom. The molecule has 0 bridgehead atoms. The molecule has 4 rings (SSSR count). The fourth-order valence-corrected chi connectivity index (χ4v) is 4.61. The molecule has 2 aromatic carbocycles. The number of carbonyl (C=O) groups is 2. The largest absolute Gasteiger partial charge is 0.508 e. The van der Waals surface area contributed by atoms with Crippen LogP contribution in [-0.4, -0.2) is 44.4 Å². The molecule has 0 saturated heterocycles. The summed E-state index contributed by atoms with van der Waals surface area (Å²) in [6, 6.07) is 7.09. The van der Waals surface area contributed by atoms with Crippen LogP contribution >= 0.6 is 0 Å². The fourth-order valence-electron chi connectivity index (χ4n) is 4.61. The number of nitrogens with two attached hydrogens (primary N) is 2. The Hall–Kier alpha value is -3.10. The van der Waals surface area contributed by atoms with Crippen molar-refractivity contribution in [1.29, 1.82) is 0 Å². The van der Waals surface area contributed by atoms with Gasteiger partial charge in [-0.3, -0.25) is 9.59 Å². The van der Waals surface area contributed by atoms with Crippen LogP contribution in [0, 0.1) is 0 Å². The second kappa shape index (κ2) is 12.4. The monoisotopic (exact) mass is 472 g/mol. The molecule has 34 heavy (non-hydrogen) atoms. The fraction of sp³-hybridized carbons (Fsp3) is 0.462. The molecule has 2 aromatic rings. The summed E-state index contributed by atoms with van der Waals surface area (Å²) in [6.45, 7) is 4.00. The van der Waals surface area contributed by atoms with Crippen LogP contribution in [0.15, 0.2) is 24.3 Å². The number of aryl methyl sites for hydroxylation is 1. The van der Waals surface area contributed by atoms with Gasteiger partial charge in [0.15, 0.2) is 0 Å². The quantitative estimate of drug-likeness (QED) is 0.373. The Kier molecular flexibility index (Phi) is 9.89. The highest BCUT2D eigenvalue weighted by Gasteiger charge is 2.23. The first-order valence-electron chi connectivity index (χ1n) is 11.7. The molecule has 0 aromatic heterocycles. The van der Waals surface area contributed by atoms with Gasteiger partial charge in [-0.2, -0.15) is 0 Å². The predicted octanol–water partition coefficient (Wildman–Crippen LogP) is 2.70. The lowest BCUT2D eigenvalue weighted by atomic mass is 9.98. The second-order valence-electron chi connectivity index (χ2n) is 8.57. The van der Waals surface area contributed by atoms with Gasteiger partial charge in [-0.05, 0) is 90.1 Å². The first-order chi connectivity index (χ1) is 16.1. The highest BCUT2D eigenvalue weighted by atomic mass is 16.4. The number of aromatic hydroxyl groups is 2. The van der Waals surface area contributed by atoms with Crippen molar-refractivity contribution in [3.05, 3.63) is 57.6 Å². The molecule has 0 amide bonds. The normalized spacial score (nSPS) is 17.5. The summed E-state index contributed by atoms with van der Waals surface area (Å²) in [4.78, 5) is 21.1. The van der Waals surface area contributed by atoms with Crippen LogP contribution in [0.25, 0.3) is 0 Å². The SMILES string of the molecule is CC.NC1Cc2cc(O)cc(CCC(=O)O)c2C1.NC1Cc2ccc(O)c(CCC(=O)O)c2C1. The summed E-state index contributed by atoms with van der Waals surface area (Å²) in [5.41, 5.74) is 17.8. The van der Waals surface area contributed by atoms with E-state index in [-0.39, 0.29) is 36.4 Å². The zero-order valence-corrected chi connectivity index (χ0v) is 19.9. The average molecular weight is 473 g/mol. The van der Waals surface area contributed by atoms with E-state index in [1.807, 2.05) is 19.9 Å². The minimum Gasteiger partial charge on any atom is -0.508 e. The van der Waals surface area contributed by atoms with Crippen molar-refractivity contribution < 1.29 is 30.0 Å². The Labute approximate surface area is 200 Å². The van der Waals surface area contributed by atoms with Gasteiger partial charge in [0.2, 0.25) is 0 Å². The lowest BCUT2D eigenvalue weighted by Gasteiger charge is -2.09. The Morgan fingerprint density at radius 3 is 2.00 bits per heavy atom. The molecular formula is C26H36N2O6. The van der Waals surface area contributed by atoms with E-state index in [9.17, 15) is 19.8 Å². The molecule has 0 spiro atoms. The van der Waals surface area contributed by atoms with Crippen LogP contribution in [0.1, 0.15) is 60.1 Å². The molecule has 8 nitrogen and oxygen atoms in total. The topological polar surface area (TPSA) is 167 Å². The predicted molar refractivity (Wildman–Crippen MR) is 130 cm³/mol. The average Bonchev–Trinajstić information content (AvgIpc) is 3.34. The summed E-state index contributed by atoms with van der Waals surface area (Å²) in [5.74, 6) is -1.28. The van der Waals surface area contributed by atoms with Gasteiger partial charge in [-0.1, -0.05) is 19.9 Å². The number of aliphatic carboxylic acids is 2. The van der Waals surface area contributed by atoms with Crippen molar-refractivity contribution in [2.45, 2.75) is 77.3 Å². The van der Waals surface area contributed by atoms with Gasteiger partial charge in [0.1, 0.15) is 11.5 Å².